The number of carbonyl (C=O) groups is 1. The van der Waals surface area contributed by atoms with E-state index in [-0.39, 0.29) is 5.91 Å². The van der Waals surface area contributed by atoms with Crippen LogP contribution < -0.4 is 10.6 Å². The predicted octanol–water partition coefficient (Wildman–Crippen LogP) is 2.00. The minimum atomic E-state index is -0.131. The molecular weight excluding hydrogens is 284 g/mol. The van der Waals surface area contributed by atoms with Gasteiger partial charge in [-0.2, -0.15) is 10.2 Å². The Morgan fingerprint density at radius 3 is 2.38 bits per heavy atom. The van der Waals surface area contributed by atoms with Crippen molar-refractivity contribution in [1.82, 2.24) is 10.2 Å². The number of thiocarbonyl (C=S) groups is 1. The molecular formula is C15H16N4OS. The Labute approximate surface area is 128 Å². The van der Waals surface area contributed by atoms with Crippen molar-refractivity contribution in [2.75, 3.05) is 11.9 Å². The van der Waals surface area contributed by atoms with Crippen molar-refractivity contribution in [2.24, 2.45) is 5.73 Å². The standard InChI is InChI=1S/C15H16N4OS/c1-9-8-13(10(2)18-17-9)15(20)19(3)12-6-4-11(5-7-12)14(16)21/h4-8H,1-3H3,(H2,16,21). The number of aryl methyl sites for hydroxylation is 2. The van der Waals surface area contributed by atoms with Crippen LogP contribution in [0.1, 0.15) is 27.3 Å². The van der Waals surface area contributed by atoms with Crippen LogP contribution in [0.5, 0.6) is 0 Å². The van der Waals surface area contributed by atoms with Crippen molar-refractivity contribution >= 4 is 28.8 Å². The Balaban J connectivity index is 2.30. The van der Waals surface area contributed by atoms with Gasteiger partial charge in [0.15, 0.2) is 0 Å². The zero-order chi connectivity index (χ0) is 15.6. The second-order valence-electron chi connectivity index (χ2n) is 4.76. The van der Waals surface area contributed by atoms with Crippen LogP contribution in [0, 0.1) is 13.8 Å². The third kappa shape index (κ3) is 3.22. The summed E-state index contributed by atoms with van der Waals surface area (Å²) in [6.07, 6.45) is 0. The molecule has 0 aliphatic carbocycles. The van der Waals surface area contributed by atoms with E-state index in [9.17, 15) is 4.79 Å². The summed E-state index contributed by atoms with van der Waals surface area (Å²) in [7, 11) is 1.72. The highest BCUT2D eigenvalue weighted by Crippen LogP contribution is 2.18. The summed E-state index contributed by atoms with van der Waals surface area (Å²) in [6.45, 7) is 3.57. The predicted molar refractivity (Wildman–Crippen MR) is 86.6 cm³/mol. The molecule has 0 unspecified atom stereocenters. The van der Waals surface area contributed by atoms with Crippen LogP contribution in [-0.4, -0.2) is 28.1 Å². The van der Waals surface area contributed by atoms with Gasteiger partial charge in [-0.1, -0.05) is 12.2 Å². The molecule has 0 radical (unpaired) electrons. The normalized spacial score (nSPS) is 10.2. The summed E-state index contributed by atoms with van der Waals surface area (Å²) in [5, 5.41) is 7.92. The van der Waals surface area contributed by atoms with Crippen molar-refractivity contribution in [1.29, 1.82) is 0 Å². The first-order valence-corrected chi connectivity index (χ1v) is 6.80. The number of hydrogen-bond donors (Lipinski definition) is 1. The van der Waals surface area contributed by atoms with Gasteiger partial charge in [-0.05, 0) is 44.2 Å². The first-order chi connectivity index (χ1) is 9.90. The van der Waals surface area contributed by atoms with E-state index in [1.807, 2.05) is 12.1 Å². The molecule has 6 heteroatoms. The number of hydrogen-bond acceptors (Lipinski definition) is 4. The van der Waals surface area contributed by atoms with Crippen molar-refractivity contribution in [2.45, 2.75) is 13.8 Å². The van der Waals surface area contributed by atoms with Crippen LogP contribution in [0.25, 0.3) is 0 Å². The van der Waals surface area contributed by atoms with Gasteiger partial charge >= 0.3 is 0 Å². The fourth-order valence-electron chi connectivity index (χ4n) is 1.91. The van der Waals surface area contributed by atoms with Gasteiger partial charge in [0.25, 0.3) is 5.91 Å². The molecule has 1 heterocycles. The monoisotopic (exact) mass is 300 g/mol. The Morgan fingerprint density at radius 1 is 1.19 bits per heavy atom. The number of aromatic nitrogens is 2. The van der Waals surface area contributed by atoms with Gasteiger partial charge in [-0.15, -0.1) is 0 Å². The molecule has 0 aliphatic heterocycles. The Hall–Kier alpha value is -2.34. The Kier molecular flexibility index (Phi) is 4.28. The van der Waals surface area contributed by atoms with Gasteiger partial charge in [-0.25, -0.2) is 0 Å². The first-order valence-electron chi connectivity index (χ1n) is 6.39. The average molecular weight is 300 g/mol. The molecule has 2 rings (SSSR count). The van der Waals surface area contributed by atoms with E-state index in [1.54, 1.807) is 44.0 Å². The lowest BCUT2D eigenvalue weighted by Crippen LogP contribution is -2.27. The minimum absolute atomic E-state index is 0.131. The van der Waals surface area contributed by atoms with Crippen molar-refractivity contribution in [3.05, 3.63) is 52.8 Å². The van der Waals surface area contributed by atoms with E-state index >= 15 is 0 Å². The molecule has 0 saturated carbocycles. The smallest absolute Gasteiger partial charge is 0.259 e. The molecule has 0 bridgehead atoms. The van der Waals surface area contributed by atoms with Crippen LogP contribution in [0.15, 0.2) is 30.3 Å². The Bertz CT molecular complexity index is 697. The molecule has 108 valence electrons. The molecule has 0 spiro atoms. The molecule has 1 aromatic carbocycles. The van der Waals surface area contributed by atoms with E-state index in [1.165, 1.54) is 0 Å². The average Bonchev–Trinajstić information content (AvgIpc) is 2.48. The Morgan fingerprint density at radius 2 is 1.81 bits per heavy atom. The lowest BCUT2D eigenvalue weighted by molar-refractivity contribution is 0.0991. The summed E-state index contributed by atoms with van der Waals surface area (Å²) in [4.78, 5) is 14.4. The highest BCUT2D eigenvalue weighted by molar-refractivity contribution is 7.80. The van der Waals surface area contributed by atoms with Gasteiger partial charge in [0, 0.05) is 18.3 Å². The lowest BCUT2D eigenvalue weighted by atomic mass is 10.1. The van der Waals surface area contributed by atoms with Gasteiger partial charge < -0.3 is 10.6 Å². The lowest BCUT2D eigenvalue weighted by Gasteiger charge is -2.18. The maximum absolute atomic E-state index is 12.5. The zero-order valence-corrected chi connectivity index (χ0v) is 12.9. The molecule has 2 N–H and O–H groups in total. The van der Waals surface area contributed by atoms with E-state index in [4.69, 9.17) is 18.0 Å². The first kappa shape index (κ1) is 15.1. The van der Waals surface area contributed by atoms with E-state index in [2.05, 4.69) is 10.2 Å². The summed E-state index contributed by atoms with van der Waals surface area (Å²) in [5.41, 5.74) is 8.95. The number of anilines is 1. The molecule has 0 atom stereocenters. The second-order valence-corrected chi connectivity index (χ2v) is 5.20. The number of nitrogens with zero attached hydrogens (tertiary/aromatic N) is 3. The van der Waals surface area contributed by atoms with Gasteiger partial charge in [0.1, 0.15) is 4.99 Å². The molecule has 5 nitrogen and oxygen atoms in total. The summed E-state index contributed by atoms with van der Waals surface area (Å²) < 4.78 is 0. The highest BCUT2D eigenvalue weighted by Gasteiger charge is 2.17. The maximum atomic E-state index is 12.5. The van der Waals surface area contributed by atoms with Crippen molar-refractivity contribution in [3.63, 3.8) is 0 Å². The van der Waals surface area contributed by atoms with E-state index in [0.717, 1.165) is 11.3 Å². The number of carbonyl (C=O) groups excluding carboxylic acids is 1. The van der Waals surface area contributed by atoms with Crippen LogP contribution in [0.2, 0.25) is 0 Å². The highest BCUT2D eigenvalue weighted by atomic mass is 32.1. The fraction of sp³-hybridized carbons (Fsp3) is 0.200. The molecule has 0 saturated heterocycles. The third-order valence-corrected chi connectivity index (χ3v) is 3.41. The topological polar surface area (TPSA) is 72.1 Å². The van der Waals surface area contributed by atoms with Crippen molar-refractivity contribution in [3.8, 4) is 0 Å². The molecule has 21 heavy (non-hydrogen) atoms. The minimum Gasteiger partial charge on any atom is -0.389 e. The number of benzene rings is 1. The van der Waals surface area contributed by atoms with Crippen LogP contribution >= 0.6 is 12.2 Å². The molecule has 0 aliphatic rings. The molecule has 1 amide bonds. The van der Waals surface area contributed by atoms with Gasteiger partial charge in [0.05, 0.1) is 17.0 Å². The van der Waals surface area contributed by atoms with E-state index in [0.29, 0.717) is 21.9 Å². The van der Waals surface area contributed by atoms with Crippen molar-refractivity contribution < 1.29 is 4.79 Å². The third-order valence-electron chi connectivity index (χ3n) is 3.17. The van der Waals surface area contributed by atoms with Crippen LogP contribution in [0.3, 0.4) is 0 Å². The van der Waals surface area contributed by atoms with Gasteiger partial charge in [-0.3, -0.25) is 4.79 Å². The van der Waals surface area contributed by atoms with Crippen LogP contribution in [0.4, 0.5) is 5.69 Å². The number of rotatable bonds is 3. The summed E-state index contributed by atoms with van der Waals surface area (Å²) >= 11 is 4.91. The number of nitrogens with two attached hydrogens (primary N) is 1. The summed E-state index contributed by atoms with van der Waals surface area (Å²) in [5.74, 6) is -0.131. The molecule has 0 fully saturated rings. The van der Waals surface area contributed by atoms with E-state index < -0.39 is 0 Å². The SMILES string of the molecule is Cc1cc(C(=O)N(C)c2ccc(C(N)=S)cc2)c(C)nn1. The number of amides is 1. The molecule has 2 aromatic rings. The van der Waals surface area contributed by atoms with Gasteiger partial charge in [0.2, 0.25) is 0 Å². The second kappa shape index (κ2) is 5.97. The fourth-order valence-corrected chi connectivity index (χ4v) is 2.05. The quantitative estimate of drug-likeness (QED) is 0.878. The zero-order valence-electron chi connectivity index (χ0n) is 12.1. The summed E-state index contributed by atoms with van der Waals surface area (Å²) in [6, 6.07) is 8.95. The molecule has 1 aromatic heterocycles. The largest absolute Gasteiger partial charge is 0.389 e. The van der Waals surface area contributed by atoms with Crippen LogP contribution in [-0.2, 0) is 0 Å². The maximum Gasteiger partial charge on any atom is 0.259 e.